The maximum atomic E-state index is 12.7. The van der Waals surface area contributed by atoms with Crippen LogP contribution in [0, 0.1) is 0 Å². The van der Waals surface area contributed by atoms with E-state index in [0.29, 0.717) is 23.9 Å². The highest BCUT2D eigenvalue weighted by atomic mass is 31.2. The van der Waals surface area contributed by atoms with Gasteiger partial charge in [0.2, 0.25) is 0 Å². The molecule has 0 aromatic heterocycles. The molecule has 0 aliphatic carbocycles. The van der Waals surface area contributed by atoms with Crippen molar-refractivity contribution in [2.75, 3.05) is 47.5 Å². The monoisotopic (exact) mass is 916 g/mol. The number of quaternary nitrogens is 1. The van der Waals surface area contributed by atoms with Gasteiger partial charge in [0, 0.05) is 12.8 Å². The second kappa shape index (κ2) is 45.4. The van der Waals surface area contributed by atoms with E-state index in [4.69, 9.17) is 18.5 Å². The largest absolute Gasteiger partial charge is 0.756 e. The Labute approximate surface area is 392 Å². The lowest BCUT2D eigenvalue weighted by Crippen LogP contribution is -2.37. The van der Waals surface area contributed by atoms with Crippen LogP contribution >= 0.6 is 7.82 Å². The Bertz CT molecular complexity index is 1360. The Morgan fingerprint density at radius 3 is 1.34 bits per heavy atom. The molecule has 368 valence electrons. The number of nitrogens with zero attached hydrogens (tertiary/aromatic N) is 1. The van der Waals surface area contributed by atoms with E-state index < -0.39 is 32.5 Å². The Morgan fingerprint density at radius 1 is 0.500 bits per heavy atom. The van der Waals surface area contributed by atoms with Crippen LogP contribution in [0.25, 0.3) is 0 Å². The smallest absolute Gasteiger partial charge is 0.306 e. The van der Waals surface area contributed by atoms with E-state index in [1.165, 1.54) is 44.9 Å². The van der Waals surface area contributed by atoms with Crippen molar-refractivity contribution in [3.8, 4) is 0 Å². The molecule has 0 radical (unpaired) electrons. The van der Waals surface area contributed by atoms with Crippen LogP contribution < -0.4 is 4.89 Å². The molecule has 0 saturated carbocycles. The molecule has 0 amide bonds. The number of phosphoric acid groups is 1. The van der Waals surface area contributed by atoms with Gasteiger partial charge in [-0.25, -0.2) is 0 Å². The normalized spacial score (nSPS) is 14.2. The summed E-state index contributed by atoms with van der Waals surface area (Å²) in [5, 5.41) is 0. The second-order valence-corrected chi connectivity index (χ2v) is 19.2. The van der Waals surface area contributed by atoms with Gasteiger partial charge in [0.25, 0.3) is 7.82 Å². The van der Waals surface area contributed by atoms with E-state index in [-0.39, 0.29) is 26.1 Å². The Morgan fingerprint density at radius 2 is 0.891 bits per heavy atom. The molecule has 0 aromatic carbocycles. The van der Waals surface area contributed by atoms with Crippen LogP contribution in [0.3, 0.4) is 0 Å². The minimum atomic E-state index is -4.64. The van der Waals surface area contributed by atoms with Gasteiger partial charge in [-0.1, -0.05) is 176 Å². The summed E-state index contributed by atoms with van der Waals surface area (Å²) in [6.07, 6.45) is 58.9. The topological polar surface area (TPSA) is 111 Å². The van der Waals surface area contributed by atoms with E-state index in [9.17, 15) is 19.0 Å². The number of carbonyl (C=O) groups excluding carboxylic acids is 2. The van der Waals surface area contributed by atoms with Crippen LogP contribution in [0.4, 0.5) is 0 Å². The molecule has 0 N–H and O–H groups in total. The summed E-state index contributed by atoms with van der Waals surface area (Å²) in [5.74, 6) is -0.866. The van der Waals surface area contributed by atoms with E-state index in [1.54, 1.807) is 0 Å². The van der Waals surface area contributed by atoms with Crippen molar-refractivity contribution in [3.63, 3.8) is 0 Å². The number of rotatable bonds is 45. The molecule has 9 nitrogen and oxygen atoms in total. The average Bonchev–Trinajstić information content (AvgIpc) is 3.25. The first-order chi connectivity index (χ1) is 31.0. The van der Waals surface area contributed by atoms with Crippen molar-refractivity contribution in [2.24, 2.45) is 0 Å². The van der Waals surface area contributed by atoms with Gasteiger partial charge >= 0.3 is 11.9 Å². The van der Waals surface area contributed by atoms with Gasteiger partial charge in [0.1, 0.15) is 19.8 Å². The number of hydrogen-bond acceptors (Lipinski definition) is 8. The summed E-state index contributed by atoms with van der Waals surface area (Å²) < 4.78 is 34.0. The molecular formula is C54H94NO8P. The van der Waals surface area contributed by atoms with Gasteiger partial charge in [-0.3, -0.25) is 14.2 Å². The average molecular weight is 916 g/mol. The van der Waals surface area contributed by atoms with E-state index >= 15 is 0 Å². The van der Waals surface area contributed by atoms with Gasteiger partial charge < -0.3 is 27.9 Å². The number of carbonyl (C=O) groups is 2. The summed E-state index contributed by atoms with van der Waals surface area (Å²) in [4.78, 5) is 37.7. The zero-order valence-corrected chi connectivity index (χ0v) is 42.3. The van der Waals surface area contributed by atoms with Gasteiger partial charge in [0.05, 0.1) is 27.7 Å². The van der Waals surface area contributed by atoms with Crippen molar-refractivity contribution >= 4 is 19.8 Å². The molecule has 0 saturated heterocycles. The molecule has 0 aliphatic rings. The molecular weight excluding hydrogens is 822 g/mol. The summed E-state index contributed by atoms with van der Waals surface area (Å²) in [6.45, 7) is 4.08. The van der Waals surface area contributed by atoms with Gasteiger partial charge in [0.15, 0.2) is 6.10 Å². The number of esters is 2. The molecule has 64 heavy (non-hydrogen) atoms. The molecule has 0 rings (SSSR count). The third kappa shape index (κ3) is 48.6. The SMILES string of the molecule is CC/C=C\C/C=C\C/C=C\C/C=C\C/C=C\C/C=C\CCCCCCCCC(=O)OC(COC(=O)CCCCCCC/C=C\CCCCCCCC)COP(=O)([O-])OCC[N+](C)(C)C. The lowest BCUT2D eigenvalue weighted by Gasteiger charge is -2.28. The fraction of sp³-hybridized carbons (Fsp3) is 0.704. The van der Waals surface area contributed by atoms with Crippen molar-refractivity contribution in [1.29, 1.82) is 0 Å². The molecule has 0 bridgehead atoms. The number of ether oxygens (including phenoxy) is 2. The number of phosphoric ester groups is 1. The highest BCUT2D eigenvalue weighted by molar-refractivity contribution is 7.45. The van der Waals surface area contributed by atoms with Crippen LogP contribution in [0.15, 0.2) is 85.1 Å². The van der Waals surface area contributed by atoms with Crippen molar-refractivity contribution < 1.29 is 42.1 Å². The summed E-state index contributed by atoms with van der Waals surface area (Å²) in [7, 11) is 1.14. The summed E-state index contributed by atoms with van der Waals surface area (Å²) in [6, 6.07) is 0. The highest BCUT2D eigenvalue weighted by Crippen LogP contribution is 2.38. The van der Waals surface area contributed by atoms with E-state index in [1.807, 2.05) is 21.1 Å². The molecule has 10 heteroatoms. The predicted molar refractivity (Wildman–Crippen MR) is 268 cm³/mol. The van der Waals surface area contributed by atoms with Gasteiger partial charge in [-0.15, -0.1) is 0 Å². The molecule has 2 atom stereocenters. The third-order valence-corrected chi connectivity index (χ3v) is 11.4. The molecule has 2 unspecified atom stereocenters. The van der Waals surface area contributed by atoms with E-state index in [2.05, 4.69) is 98.9 Å². The van der Waals surface area contributed by atoms with Crippen molar-refractivity contribution in [3.05, 3.63) is 85.1 Å². The lowest BCUT2D eigenvalue weighted by molar-refractivity contribution is -0.870. The van der Waals surface area contributed by atoms with Gasteiger partial charge in [-0.05, 0) is 89.9 Å². The molecule has 0 fully saturated rings. The minimum absolute atomic E-state index is 0.0395. The standard InChI is InChI=1S/C54H94NO8P/c1-6-8-10-12-14-16-18-20-22-23-24-25-26-27-28-29-30-31-33-35-37-39-41-43-45-47-54(57)63-52(51-62-64(58,59)61-49-48-55(3,4)5)50-60-53(56)46-44-42-40-38-36-34-32-21-19-17-15-13-11-9-7-2/h8,10,14,16,20-22,24-25,27-28,30-32,52H,6-7,9,11-13,15,17-19,23,26,29,33-51H2,1-5H3/b10-8-,16-14-,22-20-,25-24-,28-27-,31-30-,32-21-. The first-order valence-corrected chi connectivity index (χ1v) is 26.8. The Kier molecular flexibility index (Phi) is 43.4. The predicted octanol–water partition coefficient (Wildman–Crippen LogP) is 14.5. The fourth-order valence-electron chi connectivity index (χ4n) is 6.48. The third-order valence-electron chi connectivity index (χ3n) is 10.4. The number of likely N-dealkylation sites (N-methyl/N-ethyl adjacent to an activating group) is 1. The zero-order chi connectivity index (χ0) is 47.1. The molecule has 0 aromatic rings. The van der Waals surface area contributed by atoms with E-state index in [0.717, 1.165) is 109 Å². The van der Waals surface area contributed by atoms with Gasteiger partial charge in [-0.2, -0.15) is 0 Å². The first-order valence-electron chi connectivity index (χ1n) is 25.3. The fourth-order valence-corrected chi connectivity index (χ4v) is 7.20. The highest BCUT2D eigenvalue weighted by Gasteiger charge is 2.21. The minimum Gasteiger partial charge on any atom is -0.756 e. The lowest BCUT2D eigenvalue weighted by atomic mass is 10.1. The summed E-state index contributed by atoms with van der Waals surface area (Å²) in [5.41, 5.74) is 0. The first kappa shape index (κ1) is 61.2. The zero-order valence-electron chi connectivity index (χ0n) is 41.4. The van der Waals surface area contributed by atoms with Crippen LogP contribution in [0.1, 0.15) is 194 Å². The van der Waals surface area contributed by atoms with Crippen LogP contribution in [0.2, 0.25) is 0 Å². The van der Waals surface area contributed by atoms with Crippen molar-refractivity contribution in [2.45, 2.75) is 200 Å². The number of hydrogen-bond donors (Lipinski definition) is 0. The number of unbranched alkanes of at least 4 members (excludes halogenated alkanes) is 17. The maximum Gasteiger partial charge on any atom is 0.306 e. The van der Waals surface area contributed by atoms with Crippen LogP contribution in [0.5, 0.6) is 0 Å². The molecule has 0 aliphatic heterocycles. The summed E-state index contributed by atoms with van der Waals surface area (Å²) >= 11 is 0. The van der Waals surface area contributed by atoms with Crippen molar-refractivity contribution in [1.82, 2.24) is 0 Å². The molecule has 0 spiro atoms. The Hall–Kier alpha value is -2.81. The quantitative estimate of drug-likeness (QED) is 0.0195. The number of allylic oxidation sites excluding steroid dienone is 14. The maximum absolute atomic E-state index is 12.7. The Balaban J connectivity index is 4.32. The van der Waals surface area contributed by atoms with Crippen LogP contribution in [-0.2, 0) is 32.7 Å². The van der Waals surface area contributed by atoms with Crippen LogP contribution in [-0.4, -0.2) is 70.0 Å². The second-order valence-electron chi connectivity index (χ2n) is 17.8. The molecule has 0 heterocycles.